The molecule has 22 heavy (non-hydrogen) atoms. The summed E-state index contributed by atoms with van der Waals surface area (Å²) in [5.41, 5.74) is 1.13. The molecular formula is C17H23N3OS. The molecule has 0 N–H and O–H groups in total. The highest BCUT2D eigenvalue weighted by Crippen LogP contribution is 2.31. The molecule has 0 amide bonds. The number of nitrogens with zero attached hydrogens (tertiary/aromatic N) is 3. The first-order valence-corrected chi connectivity index (χ1v) is 9.07. The predicted molar refractivity (Wildman–Crippen MR) is 91.8 cm³/mol. The van der Waals surface area contributed by atoms with Gasteiger partial charge < -0.3 is 9.64 Å². The Morgan fingerprint density at radius 2 is 2.00 bits per heavy atom. The summed E-state index contributed by atoms with van der Waals surface area (Å²) in [4.78, 5) is 9.89. The van der Waals surface area contributed by atoms with E-state index >= 15 is 0 Å². The van der Waals surface area contributed by atoms with E-state index in [-0.39, 0.29) is 0 Å². The lowest BCUT2D eigenvalue weighted by molar-refractivity contribution is -0.0373. The molecule has 0 radical (unpaired) electrons. The summed E-state index contributed by atoms with van der Waals surface area (Å²) < 4.78 is 6.96. The first kappa shape index (κ1) is 14.4. The molecule has 1 aromatic heterocycles. The predicted octanol–water partition coefficient (Wildman–Crippen LogP) is 2.99. The van der Waals surface area contributed by atoms with Crippen LogP contribution in [0.1, 0.15) is 19.8 Å². The molecule has 4 nitrogen and oxygen atoms in total. The largest absolute Gasteiger partial charge is 0.376 e. The van der Waals surface area contributed by atoms with Crippen LogP contribution in [0.4, 0.5) is 5.13 Å². The fraction of sp³-hybridized carbons (Fsp3) is 0.588. The Morgan fingerprint density at radius 3 is 2.77 bits per heavy atom. The summed E-state index contributed by atoms with van der Waals surface area (Å²) in [7, 11) is 0. The van der Waals surface area contributed by atoms with Gasteiger partial charge in [0.05, 0.1) is 22.9 Å². The summed E-state index contributed by atoms with van der Waals surface area (Å²) in [6.07, 6.45) is 2.86. The lowest BCUT2D eigenvalue weighted by Gasteiger charge is -2.41. The van der Waals surface area contributed by atoms with Crippen LogP contribution in [0.3, 0.4) is 0 Å². The van der Waals surface area contributed by atoms with Crippen molar-refractivity contribution < 1.29 is 4.74 Å². The van der Waals surface area contributed by atoms with E-state index in [1.807, 2.05) is 11.3 Å². The monoisotopic (exact) mass is 317 g/mol. The number of benzene rings is 1. The Kier molecular flexibility index (Phi) is 4.03. The van der Waals surface area contributed by atoms with Crippen molar-refractivity contribution in [1.29, 1.82) is 0 Å². The highest BCUT2D eigenvalue weighted by atomic mass is 32.1. The lowest BCUT2D eigenvalue weighted by atomic mass is 10.0. The highest BCUT2D eigenvalue weighted by Gasteiger charge is 2.28. The minimum atomic E-state index is 0.385. The molecule has 4 rings (SSSR count). The van der Waals surface area contributed by atoms with Crippen LogP contribution in [0.5, 0.6) is 0 Å². The van der Waals surface area contributed by atoms with Gasteiger partial charge in [0.25, 0.3) is 0 Å². The Hall–Kier alpha value is -1.17. The number of aromatic nitrogens is 1. The quantitative estimate of drug-likeness (QED) is 0.851. The van der Waals surface area contributed by atoms with E-state index in [1.165, 1.54) is 22.7 Å². The van der Waals surface area contributed by atoms with Crippen LogP contribution in [0.2, 0.25) is 0 Å². The van der Waals surface area contributed by atoms with Gasteiger partial charge in [-0.3, -0.25) is 4.90 Å². The SMILES string of the molecule is C[C@H]1CN(C2CCN(c3nc4ccccc4s3)CC2)CCO1. The van der Waals surface area contributed by atoms with Gasteiger partial charge in [-0.25, -0.2) is 4.98 Å². The van der Waals surface area contributed by atoms with Gasteiger partial charge in [0.2, 0.25) is 0 Å². The van der Waals surface area contributed by atoms with Crippen LogP contribution in [-0.4, -0.2) is 54.8 Å². The van der Waals surface area contributed by atoms with Crippen molar-refractivity contribution in [2.45, 2.75) is 31.9 Å². The molecule has 0 spiro atoms. The zero-order valence-corrected chi connectivity index (χ0v) is 13.9. The first-order chi connectivity index (χ1) is 10.8. The van der Waals surface area contributed by atoms with Gasteiger partial charge in [0, 0.05) is 32.2 Å². The molecule has 2 aromatic rings. The van der Waals surface area contributed by atoms with E-state index in [4.69, 9.17) is 9.72 Å². The summed E-state index contributed by atoms with van der Waals surface area (Å²) in [6.45, 7) is 7.50. The van der Waals surface area contributed by atoms with Gasteiger partial charge in [-0.1, -0.05) is 23.5 Å². The summed E-state index contributed by atoms with van der Waals surface area (Å²) in [5, 5.41) is 1.19. The number of morpholine rings is 1. The van der Waals surface area contributed by atoms with Crippen LogP contribution in [-0.2, 0) is 4.74 Å². The van der Waals surface area contributed by atoms with Crippen molar-refractivity contribution in [2.24, 2.45) is 0 Å². The first-order valence-electron chi connectivity index (χ1n) is 8.26. The molecule has 2 aliphatic rings. The van der Waals surface area contributed by atoms with Gasteiger partial charge in [-0.2, -0.15) is 0 Å². The van der Waals surface area contributed by atoms with Gasteiger partial charge in [-0.05, 0) is 31.9 Å². The number of anilines is 1. The van der Waals surface area contributed by atoms with Crippen molar-refractivity contribution in [1.82, 2.24) is 9.88 Å². The third-order valence-electron chi connectivity index (χ3n) is 4.81. The van der Waals surface area contributed by atoms with Crippen molar-refractivity contribution in [3.63, 3.8) is 0 Å². The minimum absolute atomic E-state index is 0.385. The van der Waals surface area contributed by atoms with E-state index in [9.17, 15) is 0 Å². The summed E-state index contributed by atoms with van der Waals surface area (Å²) in [5.74, 6) is 0. The molecule has 0 bridgehead atoms. The van der Waals surface area contributed by atoms with E-state index in [0.717, 1.165) is 44.3 Å². The number of piperidine rings is 1. The van der Waals surface area contributed by atoms with Crippen LogP contribution in [0.15, 0.2) is 24.3 Å². The van der Waals surface area contributed by atoms with Gasteiger partial charge >= 0.3 is 0 Å². The van der Waals surface area contributed by atoms with Gasteiger partial charge in [0.1, 0.15) is 0 Å². The number of rotatable bonds is 2. The fourth-order valence-electron chi connectivity index (χ4n) is 3.59. The van der Waals surface area contributed by atoms with E-state index in [0.29, 0.717) is 6.10 Å². The number of hydrogen-bond donors (Lipinski definition) is 0. The summed E-state index contributed by atoms with van der Waals surface area (Å²) in [6, 6.07) is 9.15. The third-order valence-corrected chi connectivity index (χ3v) is 5.90. The number of hydrogen-bond acceptors (Lipinski definition) is 5. The molecule has 0 aliphatic carbocycles. The normalized spacial score (nSPS) is 25.0. The highest BCUT2D eigenvalue weighted by molar-refractivity contribution is 7.22. The second kappa shape index (κ2) is 6.14. The maximum absolute atomic E-state index is 5.66. The Morgan fingerprint density at radius 1 is 1.18 bits per heavy atom. The number of ether oxygens (including phenoxy) is 1. The fourth-order valence-corrected chi connectivity index (χ4v) is 4.61. The molecule has 2 fully saturated rings. The second-order valence-electron chi connectivity index (χ2n) is 6.36. The molecule has 0 saturated carbocycles. The number of para-hydroxylation sites is 1. The maximum atomic E-state index is 5.66. The molecule has 3 heterocycles. The molecule has 1 atom stereocenters. The van der Waals surface area contributed by atoms with Crippen LogP contribution in [0.25, 0.3) is 10.2 Å². The minimum Gasteiger partial charge on any atom is -0.376 e. The second-order valence-corrected chi connectivity index (χ2v) is 7.37. The maximum Gasteiger partial charge on any atom is 0.186 e. The zero-order chi connectivity index (χ0) is 14.9. The molecule has 1 aromatic carbocycles. The topological polar surface area (TPSA) is 28.6 Å². The van der Waals surface area contributed by atoms with Crippen molar-refractivity contribution in [3.05, 3.63) is 24.3 Å². The van der Waals surface area contributed by atoms with Gasteiger partial charge in [-0.15, -0.1) is 0 Å². The Balaban J connectivity index is 1.41. The van der Waals surface area contributed by atoms with Crippen molar-refractivity contribution in [3.8, 4) is 0 Å². The smallest absolute Gasteiger partial charge is 0.186 e. The average Bonchev–Trinajstić information content (AvgIpc) is 2.99. The van der Waals surface area contributed by atoms with Crippen molar-refractivity contribution >= 4 is 26.7 Å². The third kappa shape index (κ3) is 2.85. The van der Waals surface area contributed by atoms with Crippen molar-refractivity contribution in [2.75, 3.05) is 37.7 Å². The van der Waals surface area contributed by atoms with Crippen LogP contribution < -0.4 is 4.90 Å². The van der Waals surface area contributed by atoms with Crippen LogP contribution >= 0.6 is 11.3 Å². The molecule has 0 unspecified atom stereocenters. The zero-order valence-electron chi connectivity index (χ0n) is 13.1. The van der Waals surface area contributed by atoms with E-state index in [1.54, 1.807) is 0 Å². The lowest BCUT2D eigenvalue weighted by Crippen LogP contribution is -2.51. The van der Waals surface area contributed by atoms with E-state index < -0.39 is 0 Å². The van der Waals surface area contributed by atoms with Gasteiger partial charge in [0.15, 0.2) is 5.13 Å². The Bertz CT molecular complexity index is 603. The standard InChI is InChI=1S/C17H23N3OS/c1-13-12-20(10-11-21-13)14-6-8-19(9-7-14)17-18-15-4-2-3-5-16(15)22-17/h2-5,13-14H,6-12H2,1H3/t13-/m0/s1. The molecule has 2 aliphatic heterocycles. The molecular weight excluding hydrogens is 294 g/mol. The molecule has 5 heteroatoms. The number of thiazole rings is 1. The molecule has 2 saturated heterocycles. The summed E-state index contributed by atoms with van der Waals surface area (Å²) >= 11 is 1.82. The Labute approximate surface area is 135 Å². The van der Waals surface area contributed by atoms with Crippen LogP contribution in [0, 0.1) is 0 Å². The number of fused-ring (bicyclic) bond motifs is 1. The average molecular weight is 317 g/mol. The molecule has 118 valence electrons. The van der Waals surface area contributed by atoms with E-state index in [2.05, 4.69) is 41.0 Å².